The van der Waals surface area contributed by atoms with E-state index in [1.165, 1.54) is 18.2 Å². The highest BCUT2D eigenvalue weighted by atomic mass is 35.5. The molecular weight excluding hydrogens is 297 g/mol. The van der Waals surface area contributed by atoms with E-state index < -0.39 is 5.82 Å². The van der Waals surface area contributed by atoms with E-state index in [0.717, 1.165) is 0 Å². The van der Waals surface area contributed by atoms with Gasteiger partial charge in [-0.05, 0) is 32.0 Å². The molecule has 0 amide bonds. The second-order valence-corrected chi connectivity index (χ2v) is 4.38. The normalized spacial score (nSPS) is 10.3. The lowest BCUT2D eigenvalue weighted by molar-refractivity contribution is 0.312. The van der Waals surface area contributed by atoms with E-state index in [-0.39, 0.29) is 17.0 Å². The van der Waals surface area contributed by atoms with Gasteiger partial charge in [-0.1, -0.05) is 11.6 Å². The third-order valence-electron chi connectivity index (χ3n) is 2.40. The molecule has 0 aliphatic rings. The molecule has 2 aromatic rings. The second kappa shape index (κ2) is 7.03. The third-order valence-corrected chi connectivity index (χ3v) is 2.71. The van der Waals surface area contributed by atoms with Crippen LogP contribution in [0.4, 0.5) is 22.0 Å². The van der Waals surface area contributed by atoms with Gasteiger partial charge in [-0.15, -0.1) is 0 Å². The summed E-state index contributed by atoms with van der Waals surface area (Å²) in [6.45, 7) is 4.85. The van der Waals surface area contributed by atoms with E-state index in [9.17, 15) is 4.39 Å². The lowest BCUT2D eigenvalue weighted by atomic mass is 10.3. The van der Waals surface area contributed by atoms with Crippen molar-refractivity contribution < 1.29 is 9.13 Å². The Labute approximate surface area is 126 Å². The molecule has 2 N–H and O–H groups in total. The standard InChI is InChI=1S/C13H15ClFN5O/c1-3-16-11-18-12(20-13(19-11)21-4-2)17-10-6-5-8(15)7-9(10)14/h5-7H,3-4H2,1-2H3,(H2,16,17,18,19,20). The number of rotatable bonds is 6. The Bertz CT molecular complexity index is 601. The van der Waals surface area contributed by atoms with Crippen LogP contribution in [0.1, 0.15) is 13.8 Å². The van der Waals surface area contributed by atoms with Gasteiger partial charge in [-0.25, -0.2) is 4.39 Å². The van der Waals surface area contributed by atoms with Gasteiger partial charge >= 0.3 is 6.01 Å². The van der Waals surface area contributed by atoms with Crippen molar-refractivity contribution in [2.75, 3.05) is 23.8 Å². The Morgan fingerprint density at radius 2 is 1.95 bits per heavy atom. The highest BCUT2D eigenvalue weighted by molar-refractivity contribution is 6.33. The first-order valence-corrected chi connectivity index (χ1v) is 6.85. The van der Waals surface area contributed by atoms with Crippen molar-refractivity contribution in [3.05, 3.63) is 29.0 Å². The molecule has 1 heterocycles. The van der Waals surface area contributed by atoms with Crippen molar-refractivity contribution in [2.45, 2.75) is 13.8 Å². The summed E-state index contributed by atoms with van der Waals surface area (Å²) in [5, 5.41) is 6.13. The number of nitrogens with zero attached hydrogens (tertiary/aromatic N) is 3. The van der Waals surface area contributed by atoms with Gasteiger partial charge in [0.1, 0.15) is 5.82 Å². The van der Waals surface area contributed by atoms with E-state index in [1.54, 1.807) is 0 Å². The van der Waals surface area contributed by atoms with E-state index >= 15 is 0 Å². The molecule has 0 unspecified atom stereocenters. The summed E-state index contributed by atoms with van der Waals surface area (Å²) in [7, 11) is 0. The number of nitrogens with one attached hydrogen (secondary N) is 2. The van der Waals surface area contributed by atoms with Gasteiger partial charge in [0.15, 0.2) is 0 Å². The average Bonchev–Trinajstić information content (AvgIpc) is 2.42. The molecule has 0 bridgehead atoms. The van der Waals surface area contributed by atoms with Crippen molar-refractivity contribution in [3.63, 3.8) is 0 Å². The van der Waals surface area contributed by atoms with E-state index in [1.807, 2.05) is 13.8 Å². The number of halogens is 2. The van der Waals surface area contributed by atoms with Crippen LogP contribution in [0.2, 0.25) is 5.02 Å². The zero-order valence-electron chi connectivity index (χ0n) is 11.7. The molecule has 0 spiro atoms. The summed E-state index contributed by atoms with van der Waals surface area (Å²) in [4.78, 5) is 12.4. The van der Waals surface area contributed by atoms with Crippen LogP contribution >= 0.6 is 11.6 Å². The van der Waals surface area contributed by atoms with Crippen LogP contribution in [0, 0.1) is 5.82 Å². The fourth-order valence-electron chi connectivity index (χ4n) is 1.55. The smallest absolute Gasteiger partial charge is 0.323 e. The van der Waals surface area contributed by atoms with Crippen LogP contribution in [-0.4, -0.2) is 28.1 Å². The SMILES string of the molecule is CCNc1nc(Nc2ccc(F)cc2Cl)nc(OCC)n1. The number of benzene rings is 1. The number of hydrogen-bond acceptors (Lipinski definition) is 6. The van der Waals surface area contributed by atoms with E-state index in [0.29, 0.717) is 24.8 Å². The van der Waals surface area contributed by atoms with Crippen LogP contribution in [0.25, 0.3) is 0 Å². The summed E-state index contributed by atoms with van der Waals surface area (Å²) < 4.78 is 18.3. The van der Waals surface area contributed by atoms with Gasteiger partial charge < -0.3 is 15.4 Å². The molecule has 8 heteroatoms. The lowest BCUT2D eigenvalue weighted by Crippen LogP contribution is -2.09. The van der Waals surface area contributed by atoms with E-state index in [4.69, 9.17) is 16.3 Å². The van der Waals surface area contributed by atoms with Crippen molar-refractivity contribution in [2.24, 2.45) is 0 Å². The van der Waals surface area contributed by atoms with Gasteiger partial charge in [-0.2, -0.15) is 15.0 Å². The molecule has 0 aliphatic carbocycles. The fourth-order valence-corrected chi connectivity index (χ4v) is 1.77. The molecular formula is C13H15ClFN5O. The number of ether oxygens (including phenoxy) is 1. The van der Waals surface area contributed by atoms with Gasteiger partial charge in [-0.3, -0.25) is 0 Å². The summed E-state index contributed by atoms with van der Waals surface area (Å²) in [6, 6.07) is 4.21. The topological polar surface area (TPSA) is 72.0 Å². The fraction of sp³-hybridized carbons (Fsp3) is 0.308. The van der Waals surface area contributed by atoms with Gasteiger partial charge in [0, 0.05) is 6.54 Å². The zero-order chi connectivity index (χ0) is 15.2. The van der Waals surface area contributed by atoms with Crippen molar-refractivity contribution in [1.29, 1.82) is 0 Å². The van der Waals surface area contributed by atoms with Crippen LogP contribution in [-0.2, 0) is 0 Å². The molecule has 6 nitrogen and oxygen atoms in total. The van der Waals surface area contributed by atoms with Gasteiger partial charge in [0.2, 0.25) is 11.9 Å². The quantitative estimate of drug-likeness (QED) is 0.853. The molecule has 0 fully saturated rings. The van der Waals surface area contributed by atoms with Gasteiger partial charge in [0.25, 0.3) is 0 Å². The molecule has 1 aromatic carbocycles. The van der Waals surface area contributed by atoms with Crippen LogP contribution in [0.15, 0.2) is 18.2 Å². The van der Waals surface area contributed by atoms with Crippen molar-refractivity contribution >= 4 is 29.2 Å². The first-order valence-electron chi connectivity index (χ1n) is 6.47. The highest BCUT2D eigenvalue weighted by Crippen LogP contribution is 2.25. The predicted molar refractivity (Wildman–Crippen MR) is 79.9 cm³/mol. The zero-order valence-corrected chi connectivity index (χ0v) is 12.4. The summed E-state index contributed by atoms with van der Waals surface area (Å²) >= 11 is 5.96. The van der Waals surface area contributed by atoms with Crippen LogP contribution in [0.3, 0.4) is 0 Å². The number of aromatic nitrogens is 3. The molecule has 1 aromatic heterocycles. The Hall–Kier alpha value is -2.15. The molecule has 2 rings (SSSR count). The minimum absolute atomic E-state index is 0.198. The maximum absolute atomic E-state index is 13.0. The second-order valence-electron chi connectivity index (χ2n) is 3.98. The maximum atomic E-state index is 13.0. The van der Waals surface area contributed by atoms with Crippen molar-refractivity contribution in [1.82, 2.24) is 15.0 Å². The molecule has 112 valence electrons. The molecule has 0 aliphatic heterocycles. The number of anilines is 3. The third kappa shape index (κ3) is 4.16. The summed E-state index contributed by atoms with van der Waals surface area (Å²) in [6.07, 6.45) is 0. The first kappa shape index (κ1) is 15.2. The van der Waals surface area contributed by atoms with Crippen molar-refractivity contribution in [3.8, 4) is 6.01 Å². The molecule has 0 saturated heterocycles. The summed E-state index contributed by atoms with van der Waals surface area (Å²) in [5.74, 6) is 0.235. The van der Waals surface area contributed by atoms with Crippen LogP contribution in [0.5, 0.6) is 6.01 Å². The minimum atomic E-state index is -0.412. The maximum Gasteiger partial charge on any atom is 0.323 e. The highest BCUT2D eigenvalue weighted by Gasteiger charge is 2.09. The minimum Gasteiger partial charge on any atom is -0.464 e. The Morgan fingerprint density at radius 3 is 2.62 bits per heavy atom. The molecule has 21 heavy (non-hydrogen) atoms. The molecule has 0 radical (unpaired) electrons. The monoisotopic (exact) mass is 311 g/mol. The Morgan fingerprint density at radius 1 is 1.19 bits per heavy atom. The lowest BCUT2D eigenvalue weighted by Gasteiger charge is -2.10. The predicted octanol–water partition coefficient (Wildman–Crippen LogP) is 3.24. The summed E-state index contributed by atoms with van der Waals surface area (Å²) in [5.41, 5.74) is 0.495. The Kier molecular flexibility index (Phi) is 5.10. The van der Waals surface area contributed by atoms with Gasteiger partial charge in [0.05, 0.1) is 17.3 Å². The number of hydrogen-bond donors (Lipinski definition) is 2. The average molecular weight is 312 g/mol. The molecule has 0 saturated carbocycles. The Balaban J connectivity index is 2.29. The van der Waals surface area contributed by atoms with E-state index in [2.05, 4.69) is 25.6 Å². The molecule has 0 atom stereocenters. The largest absolute Gasteiger partial charge is 0.464 e. The first-order chi connectivity index (χ1) is 10.1. The van der Waals surface area contributed by atoms with Crippen LogP contribution < -0.4 is 15.4 Å².